The Bertz CT molecular complexity index is 1530. The van der Waals surface area contributed by atoms with E-state index in [0.29, 0.717) is 0 Å². The summed E-state index contributed by atoms with van der Waals surface area (Å²) in [5.41, 5.74) is 6.91. The summed E-state index contributed by atoms with van der Waals surface area (Å²) in [6.45, 7) is 0. The van der Waals surface area contributed by atoms with Gasteiger partial charge in [0.25, 0.3) is 0 Å². The Labute approximate surface area is 193 Å². The molecule has 0 amide bonds. The van der Waals surface area contributed by atoms with Gasteiger partial charge in [0, 0.05) is 21.9 Å². The summed E-state index contributed by atoms with van der Waals surface area (Å²) in [5, 5.41) is 2.26. The van der Waals surface area contributed by atoms with Crippen LogP contribution in [0.15, 0.2) is 138 Å². The highest BCUT2D eigenvalue weighted by atomic mass is 16.3. The lowest BCUT2D eigenvalue weighted by molar-refractivity contribution is 0.602. The standard InChI is InChI=1S/C32H22O/c1-4-12-23(13-5-1)26-20-21-29(30(22-26)24-14-6-2-7-15-24)32-28-19-11-10-18-27(28)31(33-32)25-16-8-3-9-17-25/h1-22H. The summed E-state index contributed by atoms with van der Waals surface area (Å²) in [4.78, 5) is 0. The Morgan fingerprint density at radius 3 is 1.48 bits per heavy atom. The molecule has 1 aromatic heterocycles. The Balaban J connectivity index is 1.62. The number of furan rings is 1. The molecule has 1 heterocycles. The first-order valence-corrected chi connectivity index (χ1v) is 11.2. The number of rotatable bonds is 4. The molecule has 6 aromatic rings. The number of fused-ring (bicyclic) bond motifs is 1. The van der Waals surface area contributed by atoms with Crippen molar-refractivity contribution in [3.05, 3.63) is 133 Å². The third kappa shape index (κ3) is 3.54. The lowest BCUT2D eigenvalue weighted by Gasteiger charge is -2.12. The van der Waals surface area contributed by atoms with Crippen LogP contribution in [-0.2, 0) is 0 Å². The van der Waals surface area contributed by atoms with E-state index in [1.807, 2.05) is 6.07 Å². The van der Waals surface area contributed by atoms with Crippen LogP contribution in [0.1, 0.15) is 0 Å². The van der Waals surface area contributed by atoms with Gasteiger partial charge in [-0.2, -0.15) is 0 Å². The molecule has 0 aliphatic heterocycles. The van der Waals surface area contributed by atoms with E-state index in [4.69, 9.17) is 4.42 Å². The van der Waals surface area contributed by atoms with Crippen molar-refractivity contribution in [2.45, 2.75) is 0 Å². The van der Waals surface area contributed by atoms with Gasteiger partial charge in [-0.15, -0.1) is 0 Å². The van der Waals surface area contributed by atoms with Crippen molar-refractivity contribution in [2.75, 3.05) is 0 Å². The normalized spacial score (nSPS) is 11.0. The third-order valence-corrected chi connectivity index (χ3v) is 6.11. The van der Waals surface area contributed by atoms with E-state index < -0.39 is 0 Å². The van der Waals surface area contributed by atoms with Gasteiger partial charge < -0.3 is 4.42 Å². The minimum atomic E-state index is 0.905. The molecule has 0 N–H and O–H groups in total. The van der Waals surface area contributed by atoms with Crippen molar-refractivity contribution in [1.82, 2.24) is 0 Å². The fraction of sp³-hybridized carbons (Fsp3) is 0. The van der Waals surface area contributed by atoms with Gasteiger partial charge >= 0.3 is 0 Å². The molecule has 0 bridgehead atoms. The van der Waals surface area contributed by atoms with Crippen LogP contribution in [0.2, 0.25) is 0 Å². The first-order chi connectivity index (χ1) is 16.4. The van der Waals surface area contributed by atoms with Crippen LogP contribution in [0.4, 0.5) is 0 Å². The maximum Gasteiger partial charge on any atom is 0.143 e. The summed E-state index contributed by atoms with van der Waals surface area (Å²) in [5.74, 6) is 1.82. The summed E-state index contributed by atoms with van der Waals surface area (Å²) >= 11 is 0. The molecule has 1 nitrogen and oxygen atoms in total. The molecular weight excluding hydrogens is 400 g/mol. The smallest absolute Gasteiger partial charge is 0.143 e. The molecule has 1 heteroatoms. The molecule has 0 radical (unpaired) electrons. The van der Waals surface area contributed by atoms with Gasteiger partial charge in [0.15, 0.2) is 0 Å². The molecule has 0 saturated heterocycles. The maximum absolute atomic E-state index is 6.65. The molecule has 0 fully saturated rings. The van der Waals surface area contributed by atoms with E-state index in [1.54, 1.807) is 0 Å². The number of benzene rings is 5. The minimum Gasteiger partial charge on any atom is -0.455 e. The highest BCUT2D eigenvalue weighted by Gasteiger charge is 2.19. The molecule has 0 unspecified atom stereocenters. The summed E-state index contributed by atoms with van der Waals surface area (Å²) < 4.78 is 6.65. The third-order valence-electron chi connectivity index (χ3n) is 6.11. The van der Waals surface area contributed by atoms with Gasteiger partial charge in [-0.3, -0.25) is 0 Å². The van der Waals surface area contributed by atoms with Crippen molar-refractivity contribution in [3.8, 4) is 44.9 Å². The molecule has 6 rings (SSSR count). The highest BCUT2D eigenvalue weighted by molar-refractivity contribution is 6.05. The SMILES string of the molecule is c1ccc(-c2ccc(-c3oc(-c4ccccc4)c4ccccc34)c(-c3ccccc3)c2)cc1. The number of hydrogen-bond donors (Lipinski definition) is 0. The Kier molecular flexibility index (Phi) is 4.86. The van der Waals surface area contributed by atoms with Crippen molar-refractivity contribution >= 4 is 10.8 Å². The maximum atomic E-state index is 6.65. The molecule has 5 aromatic carbocycles. The van der Waals surface area contributed by atoms with Crippen LogP contribution in [0.3, 0.4) is 0 Å². The molecular formula is C32H22O. The van der Waals surface area contributed by atoms with Crippen molar-refractivity contribution in [3.63, 3.8) is 0 Å². The van der Waals surface area contributed by atoms with E-state index in [9.17, 15) is 0 Å². The molecule has 0 saturated carbocycles. The van der Waals surface area contributed by atoms with Gasteiger partial charge in [0.1, 0.15) is 11.5 Å². The van der Waals surface area contributed by atoms with Gasteiger partial charge in [-0.25, -0.2) is 0 Å². The quantitative estimate of drug-likeness (QED) is 0.276. The number of hydrogen-bond acceptors (Lipinski definition) is 1. The molecule has 0 aliphatic rings. The second kappa shape index (κ2) is 8.29. The first-order valence-electron chi connectivity index (χ1n) is 11.2. The largest absolute Gasteiger partial charge is 0.455 e. The van der Waals surface area contributed by atoms with Gasteiger partial charge in [-0.1, -0.05) is 121 Å². The van der Waals surface area contributed by atoms with Crippen LogP contribution in [0.5, 0.6) is 0 Å². The summed E-state index contributed by atoms with van der Waals surface area (Å²) in [6, 6.07) is 46.5. The fourth-order valence-electron chi connectivity index (χ4n) is 4.50. The lowest BCUT2D eigenvalue weighted by Crippen LogP contribution is -1.87. The second-order valence-corrected chi connectivity index (χ2v) is 8.16. The molecule has 0 aliphatic carbocycles. The average Bonchev–Trinajstić information content (AvgIpc) is 3.29. The highest BCUT2D eigenvalue weighted by Crippen LogP contribution is 2.43. The van der Waals surface area contributed by atoms with Crippen molar-refractivity contribution in [1.29, 1.82) is 0 Å². The average molecular weight is 423 g/mol. The van der Waals surface area contributed by atoms with Gasteiger partial charge in [-0.05, 0) is 34.4 Å². The first kappa shape index (κ1) is 19.3. The van der Waals surface area contributed by atoms with Crippen LogP contribution in [0.25, 0.3) is 55.7 Å². The van der Waals surface area contributed by atoms with Crippen LogP contribution >= 0.6 is 0 Å². The van der Waals surface area contributed by atoms with E-state index in [-0.39, 0.29) is 0 Å². The van der Waals surface area contributed by atoms with E-state index >= 15 is 0 Å². The molecule has 0 spiro atoms. The van der Waals surface area contributed by atoms with Crippen LogP contribution in [-0.4, -0.2) is 0 Å². The molecule has 33 heavy (non-hydrogen) atoms. The van der Waals surface area contributed by atoms with E-state index in [0.717, 1.165) is 39.0 Å². The van der Waals surface area contributed by atoms with Crippen LogP contribution < -0.4 is 0 Å². The minimum absolute atomic E-state index is 0.905. The predicted molar refractivity (Wildman–Crippen MR) is 138 cm³/mol. The lowest BCUT2D eigenvalue weighted by atomic mass is 9.92. The second-order valence-electron chi connectivity index (χ2n) is 8.16. The predicted octanol–water partition coefficient (Wildman–Crippen LogP) is 9.10. The Morgan fingerprint density at radius 2 is 0.848 bits per heavy atom. The monoisotopic (exact) mass is 422 g/mol. The molecule has 0 atom stereocenters. The van der Waals surface area contributed by atoms with Crippen molar-refractivity contribution < 1.29 is 4.42 Å². The van der Waals surface area contributed by atoms with Gasteiger partial charge in [0.05, 0.1) is 0 Å². The topological polar surface area (TPSA) is 13.1 Å². The fourth-order valence-corrected chi connectivity index (χ4v) is 4.50. The van der Waals surface area contributed by atoms with E-state index in [2.05, 4.69) is 127 Å². The Hall–Kier alpha value is -4.36. The van der Waals surface area contributed by atoms with Crippen LogP contribution in [0, 0.1) is 0 Å². The zero-order chi connectivity index (χ0) is 22.0. The van der Waals surface area contributed by atoms with Crippen molar-refractivity contribution in [2.24, 2.45) is 0 Å². The summed E-state index contributed by atoms with van der Waals surface area (Å²) in [6.07, 6.45) is 0. The zero-order valence-electron chi connectivity index (χ0n) is 18.1. The Morgan fingerprint density at radius 1 is 0.333 bits per heavy atom. The van der Waals surface area contributed by atoms with Gasteiger partial charge in [0.2, 0.25) is 0 Å². The summed E-state index contributed by atoms with van der Waals surface area (Å²) in [7, 11) is 0. The zero-order valence-corrected chi connectivity index (χ0v) is 18.1. The van der Waals surface area contributed by atoms with E-state index in [1.165, 1.54) is 16.7 Å². The molecule has 156 valence electrons.